The number of hydrogen-bond donors (Lipinski definition) is 1. The zero-order valence-electron chi connectivity index (χ0n) is 12.0. The third-order valence-corrected chi connectivity index (χ3v) is 4.20. The van der Waals surface area contributed by atoms with Crippen LogP contribution in [0.4, 0.5) is 0 Å². The van der Waals surface area contributed by atoms with Crippen LogP contribution in [-0.2, 0) is 4.79 Å². The number of aliphatic hydroxyl groups is 1. The summed E-state index contributed by atoms with van der Waals surface area (Å²) in [4.78, 5) is 13.9. The van der Waals surface area contributed by atoms with Crippen LogP contribution in [0.3, 0.4) is 0 Å². The summed E-state index contributed by atoms with van der Waals surface area (Å²) in [5, 5.41) is 8.97. The standard InChI is InChI=1S/C15H29NO2/c1-14(2)16(10-7-11-17)12-15(13-18)8-5-3-4-6-9-15/h13-14,17H,3-12H2,1-2H3. The van der Waals surface area contributed by atoms with E-state index in [4.69, 9.17) is 5.11 Å². The quantitative estimate of drug-likeness (QED) is 0.561. The molecular weight excluding hydrogens is 226 g/mol. The predicted molar refractivity (Wildman–Crippen MR) is 74.6 cm³/mol. The van der Waals surface area contributed by atoms with Crippen LogP contribution in [-0.4, -0.2) is 42.0 Å². The monoisotopic (exact) mass is 255 g/mol. The topological polar surface area (TPSA) is 40.5 Å². The molecule has 3 nitrogen and oxygen atoms in total. The van der Waals surface area contributed by atoms with Crippen LogP contribution in [0, 0.1) is 5.41 Å². The summed E-state index contributed by atoms with van der Waals surface area (Å²) >= 11 is 0. The number of rotatable bonds is 7. The fourth-order valence-electron chi connectivity index (χ4n) is 2.94. The highest BCUT2D eigenvalue weighted by Gasteiger charge is 2.33. The van der Waals surface area contributed by atoms with E-state index < -0.39 is 0 Å². The molecule has 0 amide bonds. The lowest BCUT2D eigenvalue weighted by Gasteiger charge is -2.36. The van der Waals surface area contributed by atoms with Gasteiger partial charge in [-0.1, -0.05) is 25.7 Å². The lowest BCUT2D eigenvalue weighted by Crippen LogP contribution is -2.43. The van der Waals surface area contributed by atoms with E-state index in [9.17, 15) is 4.79 Å². The molecule has 18 heavy (non-hydrogen) atoms. The van der Waals surface area contributed by atoms with Crippen LogP contribution in [0.15, 0.2) is 0 Å². The molecule has 0 saturated heterocycles. The molecule has 106 valence electrons. The average Bonchev–Trinajstić information content (AvgIpc) is 2.60. The zero-order valence-corrected chi connectivity index (χ0v) is 12.0. The third kappa shape index (κ3) is 4.69. The molecule has 1 fully saturated rings. The van der Waals surface area contributed by atoms with Crippen molar-refractivity contribution in [1.82, 2.24) is 4.90 Å². The van der Waals surface area contributed by atoms with Crippen LogP contribution in [0.5, 0.6) is 0 Å². The van der Waals surface area contributed by atoms with E-state index in [1.165, 1.54) is 32.0 Å². The van der Waals surface area contributed by atoms with E-state index in [-0.39, 0.29) is 12.0 Å². The molecular formula is C15H29NO2. The van der Waals surface area contributed by atoms with E-state index in [0.717, 1.165) is 32.4 Å². The van der Waals surface area contributed by atoms with Gasteiger partial charge >= 0.3 is 0 Å². The largest absolute Gasteiger partial charge is 0.396 e. The number of aliphatic hydroxyl groups excluding tert-OH is 1. The molecule has 0 aromatic carbocycles. The molecule has 1 aliphatic rings. The van der Waals surface area contributed by atoms with Gasteiger partial charge in [0.05, 0.1) is 0 Å². The maximum atomic E-state index is 11.6. The van der Waals surface area contributed by atoms with Crippen LogP contribution in [0.1, 0.15) is 58.8 Å². The Morgan fingerprint density at radius 1 is 1.22 bits per heavy atom. The molecule has 0 aliphatic heterocycles. The van der Waals surface area contributed by atoms with Crippen LogP contribution >= 0.6 is 0 Å². The number of carbonyl (C=O) groups is 1. The molecule has 0 atom stereocenters. The number of carbonyl (C=O) groups excluding carboxylic acids is 1. The first-order valence-electron chi connectivity index (χ1n) is 7.45. The highest BCUT2D eigenvalue weighted by Crippen LogP contribution is 2.34. The van der Waals surface area contributed by atoms with Gasteiger partial charge in [-0.15, -0.1) is 0 Å². The fourth-order valence-corrected chi connectivity index (χ4v) is 2.94. The van der Waals surface area contributed by atoms with Gasteiger partial charge in [0.2, 0.25) is 0 Å². The number of nitrogens with zero attached hydrogens (tertiary/aromatic N) is 1. The molecule has 0 spiro atoms. The Morgan fingerprint density at radius 3 is 2.28 bits per heavy atom. The van der Waals surface area contributed by atoms with Gasteiger partial charge < -0.3 is 9.90 Å². The first-order chi connectivity index (χ1) is 8.63. The van der Waals surface area contributed by atoms with Crippen molar-refractivity contribution in [2.24, 2.45) is 5.41 Å². The number of aldehydes is 1. The van der Waals surface area contributed by atoms with E-state index in [1.54, 1.807) is 0 Å². The number of hydrogen-bond acceptors (Lipinski definition) is 3. The molecule has 0 radical (unpaired) electrons. The van der Waals surface area contributed by atoms with Crippen molar-refractivity contribution in [2.75, 3.05) is 19.7 Å². The van der Waals surface area contributed by atoms with Gasteiger partial charge in [0.1, 0.15) is 6.29 Å². The van der Waals surface area contributed by atoms with Crippen molar-refractivity contribution in [3.63, 3.8) is 0 Å². The SMILES string of the molecule is CC(C)N(CCCO)CC1(C=O)CCCCCC1. The van der Waals surface area contributed by atoms with Crippen LogP contribution < -0.4 is 0 Å². The molecule has 0 heterocycles. The van der Waals surface area contributed by atoms with Crippen molar-refractivity contribution < 1.29 is 9.90 Å². The maximum Gasteiger partial charge on any atom is 0.127 e. The van der Waals surface area contributed by atoms with Crippen molar-refractivity contribution >= 4 is 6.29 Å². The molecule has 1 saturated carbocycles. The van der Waals surface area contributed by atoms with Crippen LogP contribution in [0.25, 0.3) is 0 Å². The normalized spacial score (nSPS) is 20.1. The van der Waals surface area contributed by atoms with Gasteiger partial charge in [0.15, 0.2) is 0 Å². The van der Waals surface area contributed by atoms with Gasteiger partial charge in [-0.2, -0.15) is 0 Å². The van der Waals surface area contributed by atoms with Gasteiger partial charge in [0.25, 0.3) is 0 Å². The van der Waals surface area contributed by atoms with Crippen LogP contribution in [0.2, 0.25) is 0 Å². The zero-order chi connectivity index (χ0) is 13.4. The lowest BCUT2D eigenvalue weighted by atomic mass is 9.81. The molecule has 3 heteroatoms. The second-order valence-corrected chi connectivity index (χ2v) is 6.04. The van der Waals surface area contributed by atoms with E-state index in [0.29, 0.717) is 6.04 Å². The Kier molecular flexibility index (Phi) is 6.87. The third-order valence-electron chi connectivity index (χ3n) is 4.20. The summed E-state index contributed by atoms with van der Waals surface area (Å²) in [6.45, 7) is 6.34. The van der Waals surface area contributed by atoms with Crippen molar-refractivity contribution in [1.29, 1.82) is 0 Å². The Morgan fingerprint density at radius 2 is 1.83 bits per heavy atom. The van der Waals surface area contributed by atoms with Gasteiger partial charge in [-0.05, 0) is 33.1 Å². The predicted octanol–water partition coefficient (Wildman–Crippen LogP) is 2.62. The Balaban J connectivity index is 2.64. The minimum atomic E-state index is -0.129. The fraction of sp³-hybridized carbons (Fsp3) is 0.933. The van der Waals surface area contributed by atoms with E-state index in [2.05, 4.69) is 18.7 Å². The summed E-state index contributed by atoms with van der Waals surface area (Å²) in [5.41, 5.74) is -0.129. The molecule has 1 aliphatic carbocycles. The molecule has 0 aromatic rings. The van der Waals surface area contributed by atoms with Gasteiger partial charge in [0, 0.05) is 31.2 Å². The smallest absolute Gasteiger partial charge is 0.127 e. The lowest BCUT2D eigenvalue weighted by molar-refractivity contribution is -0.118. The van der Waals surface area contributed by atoms with Crippen molar-refractivity contribution in [2.45, 2.75) is 64.8 Å². The second-order valence-electron chi connectivity index (χ2n) is 6.04. The molecule has 0 aromatic heterocycles. The summed E-state index contributed by atoms with van der Waals surface area (Å²) in [6.07, 6.45) is 9.01. The van der Waals surface area contributed by atoms with E-state index in [1.807, 2.05) is 0 Å². The summed E-state index contributed by atoms with van der Waals surface area (Å²) in [6, 6.07) is 0.441. The summed E-state index contributed by atoms with van der Waals surface area (Å²) in [5.74, 6) is 0. The minimum Gasteiger partial charge on any atom is -0.396 e. The Hall–Kier alpha value is -0.410. The minimum absolute atomic E-state index is 0.129. The van der Waals surface area contributed by atoms with Gasteiger partial charge in [-0.3, -0.25) is 4.90 Å². The van der Waals surface area contributed by atoms with Gasteiger partial charge in [-0.25, -0.2) is 0 Å². The molecule has 1 N–H and O–H groups in total. The van der Waals surface area contributed by atoms with E-state index >= 15 is 0 Å². The summed E-state index contributed by atoms with van der Waals surface area (Å²) < 4.78 is 0. The second kappa shape index (κ2) is 7.90. The van der Waals surface area contributed by atoms with Crippen molar-refractivity contribution in [3.8, 4) is 0 Å². The molecule has 0 bridgehead atoms. The first kappa shape index (κ1) is 15.6. The van der Waals surface area contributed by atoms with Crippen molar-refractivity contribution in [3.05, 3.63) is 0 Å². The Labute approximate surface area is 112 Å². The highest BCUT2D eigenvalue weighted by molar-refractivity contribution is 5.59. The summed E-state index contributed by atoms with van der Waals surface area (Å²) in [7, 11) is 0. The Bertz CT molecular complexity index is 233. The average molecular weight is 255 g/mol. The highest BCUT2D eigenvalue weighted by atomic mass is 16.3. The molecule has 1 rings (SSSR count). The maximum absolute atomic E-state index is 11.6. The molecule has 0 unspecified atom stereocenters. The first-order valence-corrected chi connectivity index (χ1v) is 7.45.